The van der Waals surface area contributed by atoms with E-state index in [-0.39, 0.29) is 11.3 Å². The maximum absolute atomic E-state index is 11.7. The summed E-state index contributed by atoms with van der Waals surface area (Å²) >= 11 is 11.1. The van der Waals surface area contributed by atoms with Crippen LogP contribution in [-0.4, -0.2) is 10.8 Å². The van der Waals surface area contributed by atoms with Crippen LogP contribution in [0.25, 0.3) is 0 Å². The highest BCUT2D eigenvalue weighted by molar-refractivity contribution is 7.82. The molecule has 0 saturated carbocycles. The number of halogens is 1. The number of fused-ring (bicyclic) bond motifs is 1. The number of rotatable bonds is 1. The van der Waals surface area contributed by atoms with Crippen LogP contribution in [0, 0.1) is 0 Å². The van der Waals surface area contributed by atoms with Gasteiger partial charge in [-0.05, 0) is 22.6 Å². The molecular formula is C15H17ClO2S. The highest BCUT2D eigenvalue weighted by atomic mass is 35.5. The van der Waals surface area contributed by atoms with E-state index in [0.29, 0.717) is 16.5 Å². The highest BCUT2D eigenvalue weighted by Crippen LogP contribution is 2.39. The summed E-state index contributed by atoms with van der Waals surface area (Å²) in [5.41, 5.74) is 3.14. The van der Waals surface area contributed by atoms with Crippen molar-refractivity contribution in [2.45, 2.75) is 44.9 Å². The molecule has 1 aliphatic heterocycles. The van der Waals surface area contributed by atoms with E-state index in [1.165, 1.54) is 5.56 Å². The van der Waals surface area contributed by atoms with E-state index in [0.717, 1.165) is 11.1 Å². The number of thiocarbonyl (C=S) groups is 1. The van der Waals surface area contributed by atoms with E-state index in [1.54, 1.807) is 0 Å². The number of esters is 1. The first kappa shape index (κ1) is 14.5. The molecule has 0 aromatic heterocycles. The SMILES string of the molecule is CC1C(=S)C(=O)Oc2cc(CCl)c(C(C)(C)C)cc21. The average Bonchev–Trinajstić information content (AvgIpc) is 2.33. The van der Waals surface area contributed by atoms with Crippen LogP contribution in [0.15, 0.2) is 12.1 Å². The third kappa shape index (κ3) is 2.54. The van der Waals surface area contributed by atoms with Gasteiger partial charge in [0.1, 0.15) is 10.6 Å². The lowest BCUT2D eigenvalue weighted by Gasteiger charge is -2.28. The molecule has 1 heterocycles. The van der Waals surface area contributed by atoms with Crippen LogP contribution in [0.1, 0.15) is 50.3 Å². The van der Waals surface area contributed by atoms with Crippen molar-refractivity contribution in [1.29, 1.82) is 0 Å². The van der Waals surface area contributed by atoms with Crippen molar-refractivity contribution in [3.05, 3.63) is 28.8 Å². The van der Waals surface area contributed by atoms with Crippen LogP contribution in [0.3, 0.4) is 0 Å². The lowest BCUT2D eigenvalue weighted by molar-refractivity contribution is -0.127. The summed E-state index contributed by atoms with van der Waals surface area (Å²) in [6, 6.07) is 3.95. The summed E-state index contributed by atoms with van der Waals surface area (Å²) in [6.07, 6.45) is 0. The molecular weight excluding hydrogens is 280 g/mol. The molecule has 0 N–H and O–H groups in total. The number of hydrogen-bond acceptors (Lipinski definition) is 3. The van der Waals surface area contributed by atoms with Gasteiger partial charge in [0.05, 0.1) is 0 Å². The van der Waals surface area contributed by atoms with E-state index in [1.807, 2.05) is 13.0 Å². The molecule has 0 radical (unpaired) electrons. The van der Waals surface area contributed by atoms with E-state index in [2.05, 4.69) is 26.8 Å². The van der Waals surface area contributed by atoms with Crippen molar-refractivity contribution in [1.82, 2.24) is 0 Å². The number of carbonyl (C=O) groups is 1. The van der Waals surface area contributed by atoms with E-state index in [4.69, 9.17) is 28.6 Å². The maximum Gasteiger partial charge on any atom is 0.351 e. The maximum atomic E-state index is 11.7. The van der Waals surface area contributed by atoms with Gasteiger partial charge in [0.25, 0.3) is 0 Å². The molecule has 1 unspecified atom stereocenters. The van der Waals surface area contributed by atoms with Crippen molar-refractivity contribution in [2.24, 2.45) is 0 Å². The molecule has 0 amide bonds. The summed E-state index contributed by atoms with van der Waals surface area (Å²) in [5.74, 6) is 0.488. The first-order chi connectivity index (χ1) is 8.75. The number of ether oxygens (including phenoxy) is 1. The van der Waals surface area contributed by atoms with Crippen LogP contribution >= 0.6 is 23.8 Å². The van der Waals surface area contributed by atoms with Crippen molar-refractivity contribution < 1.29 is 9.53 Å². The molecule has 2 nitrogen and oxygen atoms in total. The molecule has 0 fully saturated rings. The predicted molar refractivity (Wildman–Crippen MR) is 81.3 cm³/mol. The second kappa shape index (κ2) is 4.88. The van der Waals surface area contributed by atoms with Crippen LogP contribution in [-0.2, 0) is 16.1 Å². The number of alkyl halides is 1. The summed E-state index contributed by atoms with van der Waals surface area (Å²) in [5, 5.41) is 0. The molecule has 1 aromatic rings. The van der Waals surface area contributed by atoms with Crippen molar-refractivity contribution in [3.8, 4) is 5.75 Å². The Kier molecular flexibility index (Phi) is 3.72. The Morgan fingerprint density at radius 1 is 1.37 bits per heavy atom. The lowest BCUT2D eigenvalue weighted by Crippen LogP contribution is -2.30. The lowest BCUT2D eigenvalue weighted by atomic mass is 9.80. The fourth-order valence-electron chi connectivity index (χ4n) is 2.34. The Morgan fingerprint density at radius 2 is 2.00 bits per heavy atom. The number of carbonyl (C=O) groups excluding carboxylic acids is 1. The third-order valence-electron chi connectivity index (χ3n) is 3.45. The van der Waals surface area contributed by atoms with E-state index >= 15 is 0 Å². The molecule has 2 rings (SSSR count). The molecule has 0 aliphatic carbocycles. The molecule has 0 bridgehead atoms. The minimum Gasteiger partial charge on any atom is -0.422 e. The molecule has 1 aliphatic rings. The normalized spacial score (nSPS) is 19.1. The smallest absolute Gasteiger partial charge is 0.351 e. The zero-order valence-corrected chi connectivity index (χ0v) is 13.1. The van der Waals surface area contributed by atoms with Gasteiger partial charge in [-0.3, -0.25) is 0 Å². The molecule has 102 valence electrons. The van der Waals surface area contributed by atoms with Gasteiger partial charge in [0, 0.05) is 17.4 Å². The first-order valence-electron chi connectivity index (χ1n) is 6.25. The van der Waals surface area contributed by atoms with Crippen molar-refractivity contribution >= 4 is 34.7 Å². The highest BCUT2D eigenvalue weighted by Gasteiger charge is 2.31. The Morgan fingerprint density at radius 3 is 2.53 bits per heavy atom. The molecule has 0 spiro atoms. The second-order valence-corrected chi connectivity index (χ2v) is 6.61. The number of hydrogen-bond donors (Lipinski definition) is 0. The van der Waals surface area contributed by atoms with Crippen molar-refractivity contribution in [3.63, 3.8) is 0 Å². The zero-order valence-electron chi connectivity index (χ0n) is 11.5. The molecule has 1 atom stereocenters. The minimum absolute atomic E-state index is 0.0119. The largest absolute Gasteiger partial charge is 0.422 e. The summed E-state index contributed by atoms with van der Waals surface area (Å²) in [4.78, 5) is 12.0. The molecule has 1 aromatic carbocycles. The topological polar surface area (TPSA) is 26.3 Å². The van der Waals surface area contributed by atoms with E-state index in [9.17, 15) is 4.79 Å². The van der Waals surface area contributed by atoms with Gasteiger partial charge in [-0.25, -0.2) is 4.79 Å². The average molecular weight is 297 g/mol. The van der Waals surface area contributed by atoms with Gasteiger partial charge in [-0.2, -0.15) is 0 Å². The van der Waals surface area contributed by atoms with Gasteiger partial charge in [0.2, 0.25) is 0 Å². The van der Waals surface area contributed by atoms with Gasteiger partial charge in [0.15, 0.2) is 0 Å². The quantitative estimate of drug-likeness (QED) is 0.337. The van der Waals surface area contributed by atoms with Crippen LogP contribution in [0.5, 0.6) is 5.75 Å². The Balaban J connectivity index is 2.64. The Bertz CT molecular complexity index is 558. The Labute approximate surface area is 124 Å². The standard InChI is InChI=1S/C15H17ClO2S/c1-8-10-6-11(15(2,3)4)9(7-16)5-12(10)18-14(17)13(8)19/h5-6,8H,7H2,1-4H3. The van der Waals surface area contributed by atoms with Gasteiger partial charge < -0.3 is 4.74 Å². The second-order valence-electron chi connectivity index (χ2n) is 5.91. The Hall–Kier alpha value is -0.930. The van der Waals surface area contributed by atoms with Crippen LogP contribution < -0.4 is 4.74 Å². The summed E-state index contributed by atoms with van der Waals surface area (Å²) in [7, 11) is 0. The minimum atomic E-state index is -0.418. The fraction of sp³-hybridized carbons (Fsp3) is 0.467. The number of benzene rings is 1. The molecule has 19 heavy (non-hydrogen) atoms. The monoisotopic (exact) mass is 296 g/mol. The zero-order chi connectivity index (χ0) is 14.4. The summed E-state index contributed by atoms with van der Waals surface area (Å²) < 4.78 is 5.29. The van der Waals surface area contributed by atoms with Crippen molar-refractivity contribution in [2.75, 3.05) is 0 Å². The molecule has 0 saturated heterocycles. The van der Waals surface area contributed by atoms with E-state index < -0.39 is 5.97 Å². The fourth-order valence-corrected chi connectivity index (χ4v) is 2.73. The third-order valence-corrected chi connectivity index (χ3v) is 4.26. The van der Waals surface area contributed by atoms with Crippen LogP contribution in [0.2, 0.25) is 0 Å². The van der Waals surface area contributed by atoms with Gasteiger partial charge in [-0.1, -0.05) is 46.0 Å². The first-order valence-corrected chi connectivity index (χ1v) is 7.19. The molecule has 4 heteroatoms. The summed E-state index contributed by atoms with van der Waals surface area (Å²) in [6.45, 7) is 8.36. The van der Waals surface area contributed by atoms with Gasteiger partial charge >= 0.3 is 5.97 Å². The predicted octanol–water partition coefficient (Wildman–Crippen LogP) is 4.12. The van der Waals surface area contributed by atoms with Gasteiger partial charge in [-0.15, -0.1) is 11.6 Å². The van der Waals surface area contributed by atoms with Crippen LogP contribution in [0.4, 0.5) is 0 Å².